The summed E-state index contributed by atoms with van der Waals surface area (Å²) < 4.78 is 12.0. The largest absolute Gasteiger partial charge is 0.456 e. The molecule has 11 heteroatoms. The monoisotopic (exact) mass is 422 g/mol. The lowest BCUT2D eigenvalue weighted by Crippen LogP contribution is -2.44. The molecule has 2 aromatic heterocycles. The zero-order valence-electron chi connectivity index (χ0n) is 16.1. The summed E-state index contributed by atoms with van der Waals surface area (Å²) in [6.07, 6.45) is -0.107. The van der Waals surface area contributed by atoms with Crippen LogP contribution in [0, 0.1) is 11.8 Å². The van der Waals surface area contributed by atoms with Crippen LogP contribution in [-0.2, 0) is 14.3 Å². The van der Waals surface area contributed by atoms with Crippen LogP contribution in [0.5, 0.6) is 0 Å². The second-order valence-corrected chi connectivity index (χ2v) is 7.37. The summed E-state index contributed by atoms with van der Waals surface area (Å²) in [5.41, 5.74) is 5.02. The van der Waals surface area contributed by atoms with Crippen molar-refractivity contribution in [2.24, 2.45) is 0 Å². The molecule has 0 bridgehead atoms. The smallest absolute Gasteiger partial charge is 0.384 e. The number of hydrogen-bond donors (Lipinski definition) is 4. The first-order chi connectivity index (χ1) is 13.7. The molecule has 0 amide bonds. The molecule has 1 aliphatic heterocycles. The number of aromatic nitrogens is 3. The number of thioether (sulfide) groups is 1. The van der Waals surface area contributed by atoms with Crippen LogP contribution in [0.2, 0.25) is 0 Å². The topological polar surface area (TPSA) is 153 Å². The number of esters is 1. The highest BCUT2D eigenvalue weighted by atomic mass is 32.2. The van der Waals surface area contributed by atoms with Crippen molar-refractivity contribution in [3.8, 4) is 11.8 Å². The van der Waals surface area contributed by atoms with Gasteiger partial charge in [0.1, 0.15) is 29.3 Å². The molecule has 2 aromatic rings. The summed E-state index contributed by atoms with van der Waals surface area (Å²) in [6, 6.07) is 0. The summed E-state index contributed by atoms with van der Waals surface area (Å²) in [5, 5.41) is 31.4. The number of carbonyl (C=O) groups excluding carboxylic acids is 1. The number of fused-ring (bicyclic) bond motifs is 1. The van der Waals surface area contributed by atoms with E-state index in [1.807, 2.05) is 0 Å². The average Bonchev–Trinajstić information content (AvgIpc) is 3.15. The maximum atomic E-state index is 11.6. The Morgan fingerprint density at radius 1 is 1.52 bits per heavy atom. The Labute approximate surface area is 171 Å². The van der Waals surface area contributed by atoms with E-state index in [0.717, 1.165) is 0 Å². The van der Waals surface area contributed by atoms with E-state index in [9.17, 15) is 20.1 Å². The van der Waals surface area contributed by atoms with Gasteiger partial charge in [0.25, 0.3) is 0 Å². The van der Waals surface area contributed by atoms with Crippen molar-refractivity contribution in [3.05, 3.63) is 11.8 Å². The lowest BCUT2D eigenvalue weighted by Gasteiger charge is -2.27. The first-order valence-corrected chi connectivity index (χ1v) is 10.0. The molecule has 5 N–H and O–H groups in total. The van der Waals surface area contributed by atoms with Gasteiger partial charge in [0.05, 0.1) is 24.2 Å². The van der Waals surface area contributed by atoms with E-state index in [-0.39, 0.29) is 12.4 Å². The van der Waals surface area contributed by atoms with Gasteiger partial charge in [-0.3, -0.25) is 0 Å². The quantitative estimate of drug-likeness (QED) is 0.223. The van der Waals surface area contributed by atoms with Crippen LogP contribution in [0.1, 0.15) is 25.6 Å². The minimum atomic E-state index is -1.73. The van der Waals surface area contributed by atoms with Crippen molar-refractivity contribution in [1.29, 1.82) is 0 Å². The molecule has 3 rings (SSSR count). The molecular weight excluding hydrogens is 400 g/mol. The number of anilines is 1. The molecule has 156 valence electrons. The molecule has 0 spiro atoms. The number of carbonyl (C=O) groups is 1. The number of nitrogens with zero attached hydrogens (tertiary/aromatic N) is 3. The van der Waals surface area contributed by atoms with Crippen molar-refractivity contribution in [2.45, 2.75) is 43.0 Å². The van der Waals surface area contributed by atoms with Gasteiger partial charge in [0.2, 0.25) is 0 Å². The third kappa shape index (κ3) is 3.77. The van der Waals surface area contributed by atoms with E-state index in [0.29, 0.717) is 21.8 Å². The average molecular weight is 422 g/mol. The van der Waals surface area contributed by atoms with E-state index >= 15 is 0 Å². The summed E-state index contributed by atoms with van der Waals surface area (Å²) in [5.74, 6) is 4.51. The fourth-order valence-corrected chi connectivity index (χ4v) is 3.56. The van der Waals surface area contributed by atoms with Crippen LogP contribution in [0.4, 0.5) is 5.82 Å². The number of nitrogen functional groups attached to an aromatic ring is 1. The first-order valence-electron chi connectivity index (χ1n) is 8.82. The fourth-order valence-electron chi connectivity index (χ4n) is 3.20. The van der Waals surface area contributed by atoms with Crippen LogP contribution in [0.25, 0.3) is 11.0 Å². The predicted molar refractivity (Wildman–Crippen MR) is 105 cm³/mol. The van der Waals surface area contributed by atoms with Crippen LogP contribution >= 0.6 is 11.8 Å². The summed E-state index contributed by atoms with van der Waals surface area (Å²) in [7, 11) is 0. The van der Waals surface area contributed by atoms with Crippen molar-refractivity contribution in [3.63, 3.8) is 0 Å². The lowest BCUT2D eigenvalue weighted by molar-refractivity contribution is -0.136. The number of rotatable bonds is 4. The van der Waals surface area contributed by atoms with E-state index < -0.39 is 36.6 Å². The summed E-state index contributed by atoms with van der Waals surface area (Å²) in [4.78, 5) is 20.3. The zero-order chi connectivity index (χ0) is 21.3. The molecule has 0 aromatic carbocycles. The first kappa shape index (κ1) is 21.4. The third-order valence-electron chi connectivity index (χ3n) is 4.62. The Balaban J connectivity index is 2.19. The Hall–Kier alpha value is -2.36. The van der Waals surface area contributed by atoms with Crippen LogP contribution in [0.3, 0.4) is 0 Å². The molecule has 1 aliphatic rings. The van der Waals surface area contributed by atoms with Crippen LogP contribution < -0.4 is 5.73 Å². The molecule has 1 saturated heterocycles. The van der Waals surface area contributed by atoms with Crippen molar-refractivity contribution in [2.75, 3.05) is 25.2 Å². The maximum absolute atomic E-state index is 11.6. The minimum Gasteiger partial charge on any atom is -0.456 e. The van der Waals surface area contributed by atoms with E-state index in [4.69, 9.17) is 15.2 Å². The van der Waals surface area contributed by atoms with Gasteiger partial charge in [-0.05, 0) is 20.1 Å². The Kier molecular flexibility index (Phi) is 6.02. The Morgan fingerprint density at radius 2 is 2.24 bits per heavy atom. The highest BCUT2D eigenvalue weighted by Crippen LogP contribution is 2.41. The highest BCUT2D eigenvalue weighted by molar-refractivity contribution is 7.98. The van der Waals surface area contributed by atoms with Gasteiger partial charge in [-0.1, -0.05) is 17.7 Å². The van der Waals surface area contributed by atoms with Gasteiger partial charge < -0.3 is 35.1 Å². The molecule has 0 radical (unpaired) electrons. The SMILES string of the molecule is CCOC(=O)C#Cc1cn(C2O[C@H](CO)[C@@H](O)[C@@]2(C)O)c2nc(SC)nc(N)c12. The standard InChI is InChI=1S/C18H22N4O6S/c1-4-27-11(24)6-5-9-7-22(15-12(9)14(19)20-17(21-15)29-3)16-18(2,26)13(25)10(8-23)28-16/h7,10,13,16,23,25-26H,4,8H2,1-3H3,(H2,19,20,21)/t10-,13-,16?,18-/m1/s1. The highest BCUT2D eigenvalue weighted by Gasteiger charge is 2.53. The summed E-state index contributed by atoms with van der Waals surface area (Å²) in [6.45, 7) is 2.78. The molecular formula is C18H22N4O6S. The number of nitrogens with two attached hydrogens (primary N) is 1. The van der Waals surface area contributed by atoms with E-state index in [2.05, 4.69) is 21.8 Å². The van der Waals surface area contributed by atoms with Gasteiger partial charge >= 0.3 is 5.97 Å². The third-order valence-corrected chi connectivity index (χ3v) is 5.17. The normalized spacial score (nSPS) is 26.3. The number of hydrogen-bond acceptors (Lipinski definition) is 10. The minimum absolute atomic E-state index is 0.142. The van der Waals surface area contributed by atoms with Crippen molar-refractivity contribution >= 4 is 34.6 Å². The Morgan fingerprint density at radius 3 is 2.83 bits per heavy atom. The van der Waals surface area contributed by atoms with Crippen molar-refractivity contribution < 1.29 is 29.6 Å². The van der Waals surface area contributed by atoms with Crippen LogP contribution in [0.15, 0.2) is 11.4 Å². The Bertz CT molecular complexity index is 996. The molecule has 10 nitrogen and oxygen atoms in total. The molecule has 4 atom stereocenters. The number of aliphatic hydroxyl groups is 3. The summed E-state index contributed by atoms with van der Waals surface area (Å²) >= 11 is 1.27. The maximum Gasteiger partial charge on any atom is 0.384 e. The van der Waals surface area contributed by atoms with Gasteiger partial charge in [-0.2, -0.15) is 0 Å². The van der Waals surface area contributed by atoms with Gasteiger partial charge in [0, 0.05) is 12.1 Å². The molecule has 1 fully saturated rings. The molecule has 0 saturated carbocycles. The van der Waals surface area contributed by atoms with E-state index in [1.54, 1.807) is 13.2 Å². The second kappa shape index (κ2) is 8.17. The predicted octanol–water partition coefficient (Wildman–Crippen LogP) is -0.348. The van der Waals surface area contributed by atoms with Gasteiger partial charge in [-0.15, -0.1) is 0 Å². The fraction of sp³-hybridized carbons (Fsp3) is 0.500. The molecule has 1 unspecified atom stereocenters. The molecule has 29 heavy (non-hydrogen) atoms. The molecule has 3 heterocycles. The second-order valence-electron chi connectivity index (χ2n) is 6.59. The molecule has 0 aliphatic carbocycles. The van der Waals surface area contributed by atoms with Gasteiger partial charge in [0.15, 0.2) is 11.4 Å². The van der Waals surface area contributed by atoms with E-state index in [1.165, 1.54) is 29.4 Å². The van der Waals surface area contributed by atoms with Crippen LogP contribution in [-0.4, -0.2) is 73.1 Å². The lowest BCUT2D eigenvalue weighted by atomic mass is 9.96. The number of aliphatic hydroxyl groups excluding tert-OH is 2. The number of ether oxygens (including phenoxy) is 2. The zero-order valence-corrected chi connectivity index (χ0v) is 16.9. The van der Waals surface area contributed by atoms with Gasteiger partial charge in [-0.25, -0.2) is 14.8 Å². The van der Waals surface area contributed by atoms with Crippen molar-refractivity contribution in [1.82, 2.24) is 14.5 Å².